The molecule has 0 amide bonds. The summed E-state index contributed by atoms with van der Waals surface area (Å²) in [7, 11) is 1.67. The number of methoxy groups -OCH3 is 1. The summed E-state index contributed by atoms with van der Waals surface area (Å²) in [6.45, 7) is 5.77. The van der Waals surface area contributed by atoms with E-state index in [1.54, 1.807) is 7.11 Å². The fourth-order valence-corrected chi connectivity index (χ4v) is 2.47. The molecule has 0 saturated carbocycles. The van der Waals surface area contributed by atoms with Gasteiger partial charge in [-0.3, -0.25) is 4.90 Å². The summed E-state index contributed by atoms with van der Waals surface area (Å²) in [5, 5.41) is 0. The molecular formula is C14H22N2O. The van der Waals surface area contributed by atoms with Crippen molar-refractivity contribution in [2.24, 2.45) is 5.92 Å². The molecule has 0 atom stereocenters. The van der Waals surface area contributed by atoms with Gasteiger partial charge in [0.15, 0.2) is 0 Å². The van der Waals surface area contributed by atoms with Gasteiger partial charge in [0.05, 0.1) is 7.11 Å². The average molecular weight is 234 g/mol. The van der Waals surface area contributed by atoms with Crippen molar-refractivity contribution in [1.29, 1.82) is 0 Å². The minimum atomic E-state index is 0.714. The molecule has 1 aliphatic rings. The molecule has 3 heteroatoms. The second-order valence-electron chi connectivity index (χ2n) is 4.83. The maximum absolute atomic E-state index is 5.15. The zero-order chi connectivity index (χ0) is 12.1. The Morgan fingerprint density at radius 1 is 1.41 bits per heavy atom. The number of likely N-dealkylation sites (tertiary alicyclic amines) is 1. The van der Waals surface area contributed by atoms with E-state index in [2.05, 4.69) is 22.9 Å². The summed E-state index contributed by atoms with van der Waals surface area (Å²) in [6.07, 6.45) is 5.85. The van der Waals surface area contributed by atoms with Gasteiger partial charge in [0.1, 0.15) is 0 Å². The Hall–Kier alpha value is -1.09. The Bertz CT molecular complexity index is 346. The minimum Gasteiger partial charge on any atom is -0.481 e. The first-order chi connectivity index (χ1) is 8.31. The van der Waals surface area contributed by atoms with Crippen molar-refractivity contribution in [2.75, 3.05) is 20.2 Å². The fraction of sp³-hybridized carbons (Fsp3) is 0.643. The van der Waals surface area contributed by atoms with E-state index >= 15 is 0 Å². The van der Waals surface area contributed by atoms with Crippen LogP contribution in [-0.4, -0.2) is 30.1 Å². The molecule has 0 radical (unpaired) electrons. The standard InChI is InChI=1S/C14H22N2O/c1-3-12-5-8-16(9-6-12)11-13-4-7-15-14(10-13)17-2/h4,7,10,12H,3,5-6,8-9,11H2,1-2H3. The van der Waals surface area contributed by atoms with Gasteiger partial charge in [-0.05, 0) is 43.5 Å². The molecule has 1 aliphatic heterocycles. The van der Waals surface area contributed by atoms with Crippen LogP contribution in [0.5, 0.6) is 5.88 Å². The molecule has 0 unspecified atom stereocenters. The molecule has 2 heterocycles. The molecule has 3 nitrogen and oxygen atoms in total. The van der Waals surface area contributed by atoms with E-state index in [9.17, 15) is 0 Å². The molecule has 0 bridgehead atoms. The Labute approximate surface area is 104 Å². The first-order valence-electron chi connectivity index (χ1n) is 6.53. The Kier molecular flexibility index (Phi) is 4.37. The quantitative estimate of drug-likeness (QED) is 0.801. The van der Waals surface area contributed by atoms with Crippen LogP contribution in [0.1, 0.15) is 31.7 Å². The summed E-state index contributed by atoms with van der Waals surface area (Å²) < 4.78 is 5.15. The van der Waals surface area contributed by atoms with Crippen LogP contribution in [0.25, 0.3) is 0 Å². The minimum absolute atomic E-state index is 0.714. The van der Waals surface area contributed by atoms with Crippen molar-refractivity contribution in [3.63, 3.8) is 0 Å². The van der Waals surface area contributed by atoms with Crippen LogP contribution < -0.4 is 4.74 Å². The van der Waals surface area contributed by atoms with Gasteiger partial charge in [-0.1, -0.05) is 13.3 Å². The zero-order valence-corrected chi connectivity index (χ0v) is 10.9. The maximum atomic E-state index is 5.15. The highest BCUT2D eigenvalue weighted by atomic mass is 16.5. The molecule has 0 spiro atoms. The summed E-state index contributed by atoms with van der Waals surface area (Å²) >= 11 is 0. The van der Waals surface area contributed by atoms with Crippen LogP contribution in [0.3, 0.4) is 0 Å². The molecule has 0 aromatic carbocycles. The third-order valence-electron chi connectivity index (χ3n) is 3.70. The number of hydrogen-bond acceptors (Lipinski definition) is 3. The lowest BCUT2D eigenvalue weighted by Crippen LogP contribution is -2.33. The van der Waals surface area contributed by atoms with Crippen LogP contribution in [0.4, 0.5) is 0 Å². The molecular weight excluding hydrogens is 212 g/mol. The molecule has 1 aromatic rings. The second-order valence-corrected chi connectivity index (χ2v) is 4.83. The zero-order valence-electron chi connectivity index (χ0n) is 10.9. The van der Waals surface area contributed by atoms with Crippen LogP contribution in [0, 0.1) is 5.92 Å². The van der Waals surface area contributed by atoms with Crippen molar-refractivity contribution in [3.8, 4) is 5.88 Å². The van der Waals surface area contributed by atoms with Crippen molar-refractivity contribution in [3.05, 3.63) is 23.9 Å². The average Bonchev–Trinajstić information content (AvgIpc) is 2.40. The van der Waals surface area contributed by atoms with Gasteiger partial charge in [0.2, 0.25) is 5.88 Å². The summed E-state index contributed by atoms with van der Waals surface area (Å²) in [6, 6.07) is 4.11. The smallest absolute Gasteiger partial charge is 0.213 e. The topological polar surface area (TPSA) is 25.4 Å². The number of ether oxygens (including phenoxy) is 1. The Morgan fingerprint density at radius 2 is 2.18 bits per heavy atom. The highest BCUT2D eigenvalue weighted by Crippen LogP contribution is 2.21. The van der Waals surface area contributed by atoms with Crippen LogP contribution in [0.15, 0.2) is 18.3 Å². The van der Waals surface area contributed by atoms with Crippen LogP contribution in [0.2, 0.25) is 0 Å². The summed E-state index contributed by atoms with van der Waals surface area (Å²) in [4.78, 5) is 6.66. The van der Waals surface area contributed by atoms with Gasteiger partial charge in [-0.25, -0.2) is 4.98 Å². The SMILES string of the molecule is CCC1CCN(Cc2ccnc(OC)c2)CC1. The van der Waals surface area contributed by atoms with E-state index in [0.717, 1.165) is 12.5 Å². The lowest BCUT2D eigenvalue weighted by Gasteiger charge is -2.31. The second kappa shape index (κ2) is 6.01. The fourth-order valence-electron chi connectivity index (χ4n) is 2.47. The largest absolute Gasteiger partial charge is 0.481 e. The highest BCUT2D eigenvalue weighted by molar-refractivity contribution is 5.20. The lowest BCUT2D eigenvalue weighted by atomic mass is 9.94. The maximum Gasteiger partial charge on any atom is 0.213 e. The number of nitrogens with zero attached hydrogens (tertiary/aromatic N) is 2. The Morgan fingerprint density at radius 3 is 2.82 bits per heavy atom. The lowest BCUT2D eigenvalue weighted by molar-refractivity contribution is 0.175. The van der Waals surface area contributed by atoms with Gasteiger partial charge >= 0.3 is 0 Å². The number of pyridine rings is 1. The van der Waals surface area contributed by atoms with Gasteiger partial charge in [-0.15, -0.1) is 0 Å². The van der Waals surface area contributed by atoms with Crippen molar-refractivity contribution in [1.82, 2.24) is 9.88 Å². The Balaban J connectivity index is 1.88. The van der Waals surface area contributed by atoms with Gasteiger partial charge in [0, 0.05) is 18.8 Å². The highest BCUT2D eigenvalue weighted by Gasteiger charge is 2.17. The van der Waals surface area contributed by atoms with Crippen LogP contribution in [-0.2, 0) is 6.54 Å². The summed E-state index contributed by atoms with van der Waals surface area (Å²) in [5.41, 5.74) is 1.30. The van der Waals surface area contributed by atoms with E-state index in [0.29, 0.717) is 5.88 Å². The third kappa shape index (κ3) is 3.43. The van der Waals surface area contributed by atoms with Crippen molar-refractivity contribution >= 4 is 0 Å². The van der Waals surface area contributed by atoms with E-state index in [1.807, 2.05) is 12.3 Å². The number of piperidine rings is 1. The third-order valence-corrected chi connectivity index (χ3v) is 3.70. The molecule has 1 aromatic heterocycles. The number of rotatable bonds is 4. The van der Waals surface area contributed by atoms with E-state index in [-0.39, 0.29) is 0 Å². The molecule has 0 N–H and O–H groups in total. The molecule has 94 valence electrons. The molecule has 2 rings (SSSR count). The number of aromatic nitrogens is 1. The first kappa shape index (κ1) is 12.4. The normalized spacial score (nSPS) is 18.2. The molecule has 17 heavy (non-hydrogen) atoms. The molecule has 1 fully saturated rings. The predicted molar refractivity (Wildman–Crippen MR) is 69.1 cm³/mol. The van der Waals surface area contributed by atoms with E-state index in [1.165, 1.54) is 37.9 Å². The first-order valence-corrected chi connectivity index (χ1v) is 6.53. The van der Waals surface area contributed by atoms with Crippen molar-refractivity contribution in [2.45, 2.75) is 32.7 Å². The molecule has 0 aliphatic carbocycles. The molecule has 1 saturated heterocycles. The number of hydrogen-bond donors (Lipinski definition) is 0. The van der Waals surface area contributed by atoms with Gasteiger partial charge in [-0.2, -0.15) is 0 Å². The summed E-state index contributed by atoms with van der Waals surface area (Å²) in [5.74, 6) is 1.66. The van der Waals surface area contributed by atoms with E-state index in [4.69, 9.17) is 4.74 Å². The van der Waals surface area contributed by atoms with Gasteiger partial charge in [0.25, 0.3) is 0 Å². The monoisotopic (exact) mass is 234 g/mol. The predicted octanol–water partition coefficient (Wildman–Crippen LogP) is 2.71. The van der Waals surface area contributed by atoms with E-state index < -0.39 is 0 Å². The van der Waals surface area contributed by atoms with Gasteiger partial charge < -0.3 is 4.74 Å². The van der Waals surface area contributed by atoms with Crippen LogP contribution >= 0.6 is 0 Å². The van der Waals surface area contributed by atoms with Crippen molar-refractivity contribution < 1.29 is 4.74 Å².